The van der Waals surface area contributed by atoms with Crippen LogP contribution in [-0.2, 0) is 26.2 Å². The molecule has 0 aromatic heterocycles. The zero-order valence-electron chi connectivity index (χ0n) is 22.6. The van der Waals surface area contributed by atoms with Crippen molar-refractivity contribution in [3.05, 3.63) is 59.7 Å². The highest BCUT2D eigenvalue weighted by Crippen LogP contribution is 2.30. The Morgan fingerprint density at radius 3 is 2.41 bits per heavy atom. The summed E-state index contributed by atoms with van der Waals surface area (Å²) in [5.41, 5.74) is 0.996. The van der Waals surface area contributed by atoms with Crippen molar-refractivity contribution in [3.8, 4) is 5.75 Å². The van der Waals surface area contributed by atoms with Crippen molar-refractivity contribution in [2.75, 3.05) is 13.7 Å². The molecule has 1 atom stereocenters. The lowest BCUT2D eigenvalue weighted by atomic mass is 9.95. The quantitative estimate of drug-likeness (QED) is 0.450. The Bertz CT molecular complexity index is 1290. The van der Waals surface area contributed by atoms with E-state index in [1.807, 2.05) is 31.2 Å². The van der Waals surface area contributed by atoms with Gasteiger partial charge in [0.1, 0.15) is 16.7 Å². The molecule has 0 saturated heterocycles. The van der Waals surface area contributed by atoms with Crippen LogP contribution >= 0.6 is 0 Å². The topological polar surface area (TPSA) is 113 Å². The van der Waals surface area contributed by atoms with Gasteiger partial charge in [-0.3, -0.25) is 14.4 Å². The largest absolute Gasteiger partial charge is 0.497 e. The van der Waals surface area contributed by atoms with Crippen LogP contribution in [0.3, 0.4) is 0 Å². The van der Waals surface area contributed by atoms with Crippen LogP contribution in [0.5, 0.6) is 5.75 Å². The van der Waals surface area contributed by atoms with Gasteiger partial charge in [0.05, 0.1) is 12.7 Å². The first kappa shape index (κ1) is 28.6. The van der Waals surface area contributed by atoms with E-state index >= 15 is 0 Å². The minimum absolute atomic E-state index is 0.000984. The summed E-state index contributed by atoms with van der Waals surface area (Å²) in [6.45, 7) is 2.00. The van der Waals surface area contributed by atoms with E-state index in [2.05, 4.69) is 5.32 Å². The highest BCUT2D eigenvalue weighted by atomic mass is 32.2. The Balaban J connectivity index is 1.47. The maximum atomic E-state index is 13.6. The van der Waals surface area contributed by atoms with Crippen LogP contribution in [0.1, 0.15) is 74.2 Å². The van der Waals surface area contributed by atoms with Gasteiger partial charge in [-0.1, -0.05) is 50.5 Å². The summed E-state index contributed by atoms with van der Waals surface area (Å²) in [5.74, 6) is -0.320. The molecule has 1 saturated carbocycles. The van der Waals surface area contributed by atoms with Gasteiger partial charge in [-0.05, 0) is 55.5 Å². The SMILES string of the molecule is CC[C@H](C(=O)NC1CCCCC1)N(Cc1ccc(OC)cc1)C(=O)CCCN1C(=O)c2ccccc2S1(=O)=O. The Kier molecular flexibility index (Phi) is 9.27. The first-order valence-corrected chi connectivity index (χ1v) is 15.1. The van der Waals surface area contributed by atoms with E-state index < -0.39 is 22.0 Å². The first-order valence-electron chi connectivity index (χ1n) is 13.6. The number of fused-ring (bicyclic) bond motifs is 1. The van der Waals surface area contributed by atoms with Crippen molar-refractivity contribution in [3.63, 3.8) is 0 Å². The van der Waals surface area contributed by atoms with Gasteiger partial charge in [0, 0.05) is 25.6 Å². The Morgan fingerprint density at radius 1 is 1.08 bits per heavy atom. The van der Waals surface area contributed by atoms with Gasteiger partial charge in [0.25, 0.3) is 15.9 Å². The molecule has 0 spiro atoms. The van der Waals surface area contributed by atoms with Gasteiger partial charge in [-0.15, -0.1) is 0 Å². The average molecular weight is 556 g/mol. The molecule has 39 heavy (non-hydrogen) atoms. The number of hydrogen-bond acceptors (Lipinski definition) is 6. The number of carbonyl (C=O) groups excluding carboxylic acids is 3. The van der Waals surface area contributed by atoms with Crippen LogP contribution in [0.4, 0.5) is 0 Å². The highest BCUT2D eigenvalue weighted by molar-refractivity contribution is 7.90. The third-order valence-corrected chi connectivity index (χ3v) is 9.35. The molecule has 1 aliphatic carbocycles. The van der Waals surface area contributed by atoms with E-state index in [1.54, 1.807) is 24.1 Å². The van der Waals surface area contributed by atoms with Crippen molar-refractivity contribution in [1.82, 2.24) is 14.5 Å². The van der Waals surface area contributed by atoms with Crippen LogP contribution < -0.4 is 10.1 Å². The summed E-state index contributed by atoms with van der Waals surface area (Å²) >= 11 is 0. The minimum atomic E-state index is -3.94. The minimum Gasteiger partial charge on any atom is -0.497 e. The van der Waals surface area contributed by atoms with Crippen molar-refractivity contribution in [2.24, 2.45) is 0 Å². The van der Waals surface area contributed by atoms with Gasteiger partial charge in [0.2, 0.25) is 11.8 Å². The second-order valence-electron chi connectivity index (χ2n) is 10.1. The molecule has 1 heterocycles. The Labute approximate surface area is 230 Å². The fraction of sp³-hybridized carbons (Fsp3) is 0.483. The van der Waals surface area contributed by atoms with Gasteiger partial charge in [0.15, 0.2) is 0 Å². The molecule has 2 aliphatic rings. The van der Waals surface area contributed by atoms with Crippen LogP contribution in [0.2, 0.25) is 0 Å². The molecule has 0 unspecified atom stereocenters. The lowest BCUT2D eigenvalue weighted by Gasteiger charge is -2.33. The third kappa shape index (κ3) is 6.43. The van der Waals surface area contributed by atoms with Crippen molar-refractivity contribution in [1.29, 1.82) is 0 Å². The van der Waals surface area contributed by atoms with E-state index in [9.17, 15) is 22.8 Å². The maximum Gasteiger partial charge on any atom is 0.269 e. The molecular formula is C29H37N3O6S. The molecule has 2 aromatic carbocycles. The Morgan fingerprint density at radius 2 is 1.77 bits per heavy atom. The van der Waals surface area contributed by atoms with Crippen LogP contribution in [0.15, 0.2) is 53.4 Å². The molecule has 1 aliphatic heterocycles. The predicted molar refractivity (Wildman–Crippen MR) is 147 cm³/mol. The van der Waals surface area contributed by atoms with E-state index in [0.29, 0.717) is 12.2 Å². The first-order chi connectivity index (χ1) is 18.8. The fourth-order valence-corrected chi connectivity index (χ4v) is 6.97. The molecule has 1 fully saturated rings. The summed E-state index contributed by atoms with van der Waals surface area (Å²) in [6.07, 6.45) is 5.80. The van der Waals surface area contributed by atoms with Crippen molar-refractivity contribution >= 4 is 27.7 Å². The lowest BCUT2D eigenvalue weighted by molar-refractivity contribution is -0.141. The van der Waals surface area contributed by atoms with E-state index in [4.69, 9.17) is 4.74 Å². The number of methoxy groups -OCH3 is 1. The second kappa shape index (κ2) is 12.6. The number of benzene rings is 2. The average Bonchev–Trinajstić information content (AvgIpc) is 3.14. The van der Waals surface area contributed by atoms with Crippen LogP contribution in [0.25, 0.3) is 0 Å². The smallest absolute Gasteiger partial charge is 0.269 e. The molecule has 1 N–H and O–H groups in total. The van der Waals surface area contributed by atoms with Gasteiger partial charge >= 0.3 is 0 Å². The molecule has 3 amide bonds. The number of hydrogen-bond donors (Lipinski definition) is 1. The maximum absolute atomic E-state index is 13.6. The van der Waals surface area contributed by atoms with Crippen molar-refractivity contribution in [2.45, 2.75) is 81.8 Å². The lowest BCUT2D eigenvalue weighted by Crippen LogP contribution is -2.51. The van der Waals surface area contributed by atoms with E-state index in [-0.39, 0.29) is 54.2 Å². The normalized spacial score (nSPS) is 17.4. The summed E-state index contributed by atoms with van der Waals surface area (Å²) in [7, 11) is -2.36. The zero-order chi connectivity index (χ0) is 28.0. The number of sulfonamides is 1. The number of nitrogens with zero attached hydrogens (tertiary/aromatic N) is 2. The molecule has 10 heteroatoms. The Hall–Kier alpha value is -3.40. The molecule has 4 rings (SSSR count). The fourth-order valence-electron chi connectivity index (χ4n) is 5.36. The molecular weight excluding hydrogens is 518 g/mol. The third-order valence-electron chi connectivity index (χ3n) is 7.51. The monoisotopic (exact) mass is 555 g/mol. The number of nitrogens with one attached hydrogen (secondary N) is 1. The molecule has 0 bridgehead atoms. The van der Waals surface area contributed by atoms with Gasteiger partial charge in [-0.2, -0.15) is 0 Å². The van der Waals surface area contributed by atoms with Gasteiger partial charge < -0.3 is 15.0 Å². The van der Waals surface area contributed by atoms with Gasteiger partial charge in [-0.25, -0.2) is 12.7 Å². The molecule has 9 nitrogen and oxygen atoms in total. The predicted octanol–water partition coefficient (Wildman–Crippen LogP) is 3.88. The summed E-state index contributed by atoms with van der Waals surface area (Å²) < 4.78 is 31.8. The number of carbonyl (C=O) groups is 3. The summed E-state index contributed by atoms with van der Waals surface area (Å²) in [6, 6.07) is 12.9. The van der Waals surface area contributed by atoms with E-state index in [1.165, 1.54) is 18.6 Å². The van der Waals surface area contributed by atoms with Crippen LogP contribution in [0, 0.1) is 0 Å². The number of amides is 3. The standard InChI is InChI=1S/C29H37N3O6S/c1-3-25(28(34)30-22-10-5-4-6-11-22)31(20-21-15-17-23(38-2)18-16-21)27(33)14-9-19-32-29(35)24-12-7-8-13-26(24)39(32,36)37/h7-8,12-13,15-18,22,25H,3-6,9-11,14,19-20H2,1-2H3,(H,30,34)/t25-/m1/s1. The van der Waals surface area contributed by atoms with Crippen molar-refractivity contribution < 1.29 is 27.5 Å². The highest BCUT2D eigenvalue weighted by Gasteiger charge is 2.40. The molecule has 210 valence electrons. The van der Waals surface area contributed by atoms with Crippen LogP contribution in [-0.4, -0.2) is 61.1 Å². The second-order valence-corrected chi connectivity index (χ2v) is 12.0. The molecule has 0 radical (unpaired) electrons. The summed E-state index contributed by atoms with van der Waals surface area (Å²) in [4.78, 5) is 41.2. The summed E-state index contributed by atoms with van der Waals surface area (Å²) in [5, 5.41) is 3.15. The number of ether oxygens (including phenoxy) is 1. The van der Waals surface area contributed by atoms with E-state index in [0.717, 1.165) is 35.6 Å². The number of rotatable bonds is 11. The zero-order valence-corrected chi connectivity index (χ0v) is 23.4. The molecule has 2 aromatic rings.